The minimum absolute atomic E-state index is 0.138. The van der Waals surface area contributed by atoms with Gasteiger partial charge in [-0.3, -0.25) is 9.69 Å². The zero-order valence-corrected chi connectivity index (χ0v) is 18.0. The van der Waals surface area contributed by atoms with Gasteiger partial charge in [-0.15, -0.1) is 0 Å². The van der Waals surface area contributed by atoms with Gasteiger partial charge in [0.25, 0.3) is 0 Å². The number of benzene rings is 2. The molecular formula is C25H29FN4O. The van der Waals surface area contributed by atoms with Gasteiger partial charge in [0.05, 0.1) is 6.54 Å². The molecule has 2 aromatic carbocycles. The SMILES string of the molecule is CN1CCc2[nH]c3cc(N4CCN(CCc5ccc(F)cc5)CC4=O)ccc3c2CC1. The third kappa shape index (κ3) is 4.23. The van der Waals surface area contributed by atoms with Crippen molar-refractivity contribution in [3.63, 3.8) is 0 Å². The summed E-state index contributed by atoms with van der Waals surface area (Å²) in [4.78, 5) is 23.0. The number of halogens is 1. The fourth-order valence-electron chi connectivity index (χ4n) is 4.81. The summed E-state index contributed by atoms with van der Waals surface area (Å²) < 4.78 is 13.1. The Morgan fingerprint density at radius 3 is 2.61 bits per heavy atom. The predicted octanol–water partition coefficient (Wildman–Crippen LogP) is 3.23. The number of hydrogen-bond donors (Lipinski definition) is 1. The molecule has 1 fully saturated rings. The van der Waals surface area contributed by atoms with E-state index in [9.17, 15) is 9.18 Å². The van der Waals surface area contributed by atoms with E-state index in [-0.39, 0.29) is 11.7 Å². The standard InChI is InChI=1S/C25H29FN4O/c1-28-11-9-22-21-7-6-20(16-24(21)27-23(22)10-12-28)30-15-14-29(17-25(30)31)13-8-18-2-4-19(26)5-3-18/h2-7,16,27H,8-15,17H2,1H3. The summed E-state index contributed by atoms with van der Waals surface area (Å²) in [6.45, 7) is 4.93. The summed E-state index contributed by atoms with van der Waals surface area (Å²) in [7, 11) is 2.18. The maximum atomic E-state index is 13.1. The fraction of sp³-hybridized carbons (Fsp3) is 0.400. The average Bonchev–Trinajstić information content (AvgIpc) is 3.02. The number of H-pyrrole nitrogens is 1. The number of aromatic nitrogens is 1. The number of rotatable bonds is 4. The van der Waals surface area contributed by atoms with Gasteiger partial charge in [0.1, 0.15) is 5.82 Å². The van der Waals surface area contributed by atoms with Gasteiger partial charge in [-0.25, -0.2) is 4.39 Å². The van der Waals surface area contributed by atoms with E-state index in [1.54, 1.807) is 0 Å². The van der Waals surface area contributed by atoms with Crippen molar-refractivity contribution in [1.29, 1.82) is 0 Å². The minimum atomic E-state index is -0.213. The molecule has 1 aromatic heterocycles. The summed E-state index contributed by atoms with van der Waals surface area (Å²) in [5, 5.41) is 1.29. The summed E-state index contributed by atoms with van der Waals surface area (Å²) in [6, 6.07) is 13.0. The van der Waals surface area contributed by atoms with Gasteiger partial charge in [0.15, 0.2) is 0 Å². The van der Waals surface area contributed by atoms with Crippen LogP contribution in [0.4, 0.5) is 10.1 Å². The molecule has 0 radical (unpaired) electrons. The topological polar surface area (TPSA) is 42.6 Å². The molecule has 31 heavy (non-hydrogen) atoms. The number of carbonyl (C=O) groups is 1. The Morgan fingerprint density at radius 2 is 1.81 bits per heavy atom. The van der Waals surface area contributed by atoms with E-state index in [1.807, 2.05) is 17.0 Å². The van der Waals surface area contributed by atoms with Crippen molar-refractivity contribution in [2.75, 3.05) is 51.2 Å². The molecule has 0 spiro atoms. The Balaban J connectivity index is 1.26. The van der Waals surface area contributed by atoms with Crippen molar-refractivity contribution in [1.82, 2.24) is 14.8 Å². The van der Waals surface area contributed by atoms with Gasteiger partial charge < -0.3 is 14.8 Å². The number of piperazine rings is 1. The first-order chi connectivity index (χ1) is 15.1. The molecule has 0 aliphatic carbocycles. The lowest BCUT2D eigenvalue weighted by molar-refractivity contribution is -0.121. The van der Waals surface area contributed by atoms with Crippen LogP contribution in [-0.2, 0) is 24.1 Å². The van der Waals surface area contributed by atoms with Crippen LogP contribution in [0.15, 0.2) is 42.5 Å². The van der Waals surface area contributed by atoms with E-state index in [0.29, 0.717) is 13.1 Å². The third-order valence-electron chi connectivity index (χ3n) is 6.71. The number of fused-ring (bicyclic) bond motifs is 3. The first-order valence-corrected chi connectivity index (χ1v) is 11.2. The lowest BCUT2D eigenvalue weighted by Crippen LogP contribution is -2.50. The second-order valence-electron chi connectivity index (χ2n) is 8.81. The highest BCUT2D eigenvalue weighted by molar-refractivity contribution is 5.98. The van der Waals surface area contributed by atoms with Crippen LogP contribution in [0, 0.1) is 5.82 Å². The van der Waals surface area contributed by atoms with Gasteiger partial charge in [-0.2, -0.15) is 0 Å². The van der Waals surface area contributed by atoms with Crippen LogP contribution in [0.5, 0.6) is 0 Å². The number of likely N-dealkylation sites (N-methyl/N-ethyl adjacent to an activating group) is 1. The van der Waals surface area contributed by atoms with Crippen LogP contribution in [0.3, 0.4) is 0 Å². The van der Waals surface area contributed by atoms with E-state index < -0.39 is 0 Å². The molecule has 162 valence electrons. The number of carbonyl (C=O) groups excluding carboxylic acids is 1. The summed E-state index contributed by atoms with van der Waals surface area (Å²) in [5.41, 5.74) is 5.98. The molecule has 3 heterocycles. The van der Waals surface area contributed by atoms with E-state index in [4.69, 9.17) is 0 Å². The highest BCUT2D eigenvalue weighted by atomic mass is 19.1. The molecule has 1 N–H and O–H groups in total. The monoisotopic (exact) mass is 420 g/mol. The Kier molecular flexibility index (Phi) is 5.50. The number of nitrogens with one attached hydrogen (secondary N) is 1. The van der Waals surface area contributed by atoms with Crippen molar-refractivity contribution in [3.05, 3.63) is 65.1 Å². The maximum Gasteiger partial charge on any atom is 0.241 e. The van der Waals surface area contributed by atoms with E-state index in [1.165, 1.54) is 28.8 Å². The smallest absolute Gasteiger partial charge is 0.241 e. The van der Waals surface area contributed by atoms with Crippen molar-refractivity contribution in [2.45, 2.75) is 19.3 Å². The molecule has 0 atom stereocenters. The van der Waals surface area contributed by atoms with Crippen molar-refractivity contribution >= 4 is 22.5 Å². The highest BCUT2D eigenvalue weighted by Gasteiger charge is 2.25. The van der Waals surface area contributed by atoms with Crippen molar-refractivity contribution < 1.29 is 9.18 Å². The summed E-state index contributed by atoms with van der Waals surface area (Å²) >= 11 is 0. The third-order valence-corrected chi connectivity index (χ3v) is 6.71. The number of amides is 1. The average molecular weight is 421 g/mol. The quantitative estimate of drug-likeness (QED) is 0.705. The molecule has 0 bridgehead atoms. The first kappa shape index (κ1) is 20.2. The Bertz CT molecular complexity index is 1090. The van der Waals surface area contributed by atoms with E-state index in [0.717, 1.165) is 62.2 Å². The molecule has 3 aromatic rings. The van der Waals surface area contributed by atoms with Crippen LogP contribution in [0.25, 0.3) is 10.9 Å². The van der Waals surface area contributed by atoms with Gasteiger partial charge in [0.2, 0.25) is 5.91 Å². The number of nitrogens with zero attached hydrogens (tertiary/aromatic N) is 3. The summed E-state index contributed by atoms with van der Waals surface area (Å²) in [6.07, 6.45) is 2.93. The Hall–Kier alpha value is -2.70. The van der Waals surface area contributed by atoms with Gasteiger partial charge in [-0.05, 0) is 55.3 Å². The molecule has 5 rings (SSSR count). The van der Waals surface area contributed by atoms with Crippen LogP contribution < -0.4 is 4.90 Å². The van der Waals surface area contributed by atoms with E-state index >= 15 is 0 Å². The van der Waals surface area contributed by atoms with Gasteiger partial charge in [0, 0.05) is 61.4 Å². The van der Waals surface area contributed by atoms with Crippen LogP contribution >= 0.6 is 0 Å². The van der Waals surface area contributed by atoms with Crippen LogP contribution in [0.2, 0.25) is 0 Å². The second-order valence-corrected chi connectivity index (χ2v) is 8.81. The fourth-order valence-corrected chi connectivity index (χ4v) is 4.81. The Morgan fingerprint density at radius 1 is 1.00 bits per heavy atom. The largest absolute Gasteiger partial charge is 0.358 e. The normalized spacial score (nSPS) is 18.4. The van der Waals surface area contributed by atoms with Crippen LogP contribution in [-0.4, -0.2) is 67.0 Å². The molecule has 0 saturated carbocycles. The lowest BCUT2D eigenvalue weighted by atomic mass is 10.1. The molecular weight excluding hydrogens is 391 g/mol. The zero-order chi connectivity index (χ0) is 21.4. The van der Waals surface area contributed by atoms with E-state index in [2.05, 4.69) is 40.0 Å². The van der Waals surface area contributed by atoms with Gasteiger partial charge >= 0.3 is 0 Å². The van der Waals surface area contributed by atoms with Crippen LogP contribution in [0.1, 0.15) is 16.8 Å². The number of hydrogen-bond acceptors (Lipinski definition) is 3. The van der Waals surface area contributed by atoms with Gasteiger partial charge in [-0.1, -0.05) is 18.2 Å². The molecule has 1 amide bonds. The molecule has 2 aliphatic heterocycles. The molecule has 0 unspecified atom stereocenters. The number of anilines is 1. The van der Waals surface area contributed by atoms with Crippen molar-refractivity contribution in [2.24, 2.45) is 0 Å². The highest BCUT2D eigenvalue weighted by Crippen LogP contribution is 2.29. The zero-order valence-electron chi connectivity index (χ0n) is 18.0. The first-order valence-electron chi connectivity index (χ1n) is 11.2. The molecule has 1 saturated heterocycles. The second kappa shape index (κ2) is 8.44. The lowest BCUT2D eigenvalue weighted by Gasteiger charge is -2.34. The maximum absolute atomic E-state index is 13.1. The van der Waals surface area contributed by atoms with Crippen molar-refractivity contribution in [3.8, 4) is 0 Å². The molecule has 5 nitrogen and oxygen atoms in total. The molecule has 6 heteroatoms. The summed E-state index contributed by atoms with van der Waals surface area (Å²) in [5.74, 6) is -0.0743. The minimum Gasteiger partial charge on any atom is -0.358 e. The predicted molar refractivity (Wildman–Crippen MR) is 122 cm³/mol. The Labute approximate surface area is 182 Å². The molecule has 2 aliphatic rings. The number of aromatic amines is 1.